The molecule has 19 N–H and O–H groups in total. The maximum atomic E-state index is 13.7. The highest BCUT2D eigenvalue weighted by molar-refractivity contribution is 8.19. The first-order chi connectivity index (χ1) is 47.0. The Kier molecular flexibility index (Phi) is 32.5. The first-order valence-corrected chi connectivity index (χ1v) is 34.9. The molecule has 564 valence electrons. The van der Waals surface area contributed by atoms with Crippen molar-refractivity contribution in [2.45, 2.75) is 62.4 Å². The molecule has 1 fully saturated rings. The molecule has 3 atom stereocenters. The van der Waals surface area contributed by atoms with Crippen molar-refractivity contribution in [2.75, 3.05) is 122 Å². The molecule has 5 amide bonds. The van der Waals surface area contributed by atoms with Crippen molar-refractivity contribution in [1.82, 2.24) is 65.4 Å². The Labute approximate surface area is 576 Å². The molecule has 4 aromatic rings. The molecule has 1 aliphatic rings. The number of alkyl halides is 3. The van der Waals surface area contributed by atoms with Gasteiger partial charge in [-0.2, -0.15) is 17.9 Å². The molecule has 0 radical (unpaired) electrons. The van der Waals surface area contributed by atoms with Crippen LogP contribution in [0.2, 0.25) is 0 Å². The minimum atomic E-state index is -5.08. The molecule has 5 rings (SSSR count). The van der Waals surface area contributed by atoms with E-state index >= 15 is 0 Å². The number of imidazole rings is 1. The lowest BCUT2D eigenvalue weighted by atomic mass is 10.1. The maximum Gasteiger partial charge on any atom is 0.490 e. The number of aliphatic carboxylic acids is 5. The van der Waals surface area contributed by atoms with Gasteiger partial charge in [0.2, 0.25) is 39.1 Å². The molecule has 0 bridgehead atoms. The molecule has 1 saturated heterocycles. The van der Waals surface area contributed by atoms with Crippen molar-refractivity contribution < 1.29 is 127 Å². The fourth-order valence-electron chi connectivity index (χ4n) is 9.82. The third-order valence-electron chi connectivity index (χ3n) is 14.5. The molecule has 0 aliphatic carbocycles. The minimum Gasteiger partial charge on any atom is -0.494 e. The number of nitrogens with one attached hydrogen (secondary N) is 8. The number of hydrogen-bond donors (Lipinski definition) is 19. The second-order valence-electron chi connectivity index (χ2n) is 22.7. The molecular formula is C56H81F3N14O25S3. The van der Waals surface area contributed by atoms with E-state index < -0.39 is 165 Å². The van der Waals surface area contributed by atoms with Gasteiger partial charge >= 0.3 is 36.0 Å². The van der Waals surface area contributed by atoms with E-state index in [1.807, 2.05) is 0 Å². The van der Waals surface area contributed by atoms with Crippen molar-refractivity contribution in [3.63, 3.8) is 0 Å². The van der Waals surface area contributed by atoms with Gasteiger partial charge in [0.1, 0.15) is 29.4 Å². The molecule has 2 aromatic carbocycles. The summed E-state index contributed by atoms with van der Waals surface area (Å²) < 4.78 is 128. The zero-order chi connectivity index (χ0) is 75.7. The number of rotatable bonds is 34. The monoisotopic (exact) mass is 1500 g/mol. The second-order valence-corrected chi connectivity index (χ2v) is 27.5. The van der Waals surface area contributed by atoms with Crippen molar-refractivity contribution in [3.8, 4) is 5.75 Å². The molecule has 0 saturated carbocycles. The number of aryl methyl sites for hydroxylation is 3. The minimum absolute atomic E-state index is 0.00714. The SMILES string of the molecule is Cc1cc(OCCCC(=O)NCCNC(=O)C(CS(O)(O)O)NC(=O)C(CS(O)(O)O)NC(=O)CN2CCN(CC(=O)O)CCN(CC(=O)O)CCN(CC(=O)O)CC2)cc(C)c1S(=O)(=O)N[C@@H](CNC(=O)c1cn(C)c2cc(CNc3ncc[nH]3)ccc2c1=O)C(=O)O.O=C(O)C(F)(F)F. The van der Waals surface area contributed by atoms with Gasteiger partial charge in [-0.25, -0.2) is 18.2 Å². The van der Waals surface area contributed by atoms with E-state index in [0.717, 1.165) is 5.56 Å². The normalized spacial score (nSPS) is 15.3. The molecule has 2 unspecified atom stereocenters. The van der Waals surface area contributed by atoms with Crippen LogP contribution in [0.15, 0.2) is 58.6 Å². The van der Waals surface area contributed by atoms with Gasteiger partial charge in [-0.15, -0.1) is 0 Å². The Morgan fingerprint density at radius 1 is 0.663 bits per heavy atom. The molecule has 45 heteroatoms. The van der Waals surface area contributed by atoms with Crippen molar-refractivity contribution in [1.29, 1.82) is 0 Å². The number of pyridine rings is 1. The Balaban J connectivity index is 0.00000293. The number of amides is 5. The Hall–Kier alpha value is -8.84. The van der Waals surface area contributed by atoms with E-state index in [2.05, 4.69) is 46.6 Å². The van der Waals surface area contributed by atoms with Crippen molar-refractivity contribution >= 4 is 108 Å². The third-order valence-corrected chi connectivity index (χ3v) is 17.8. The molecule has 2 aromatic heterocycles. The molecule has 0 spiro atoms. The number of hydrogen-bond acceptors (Lipinski definition) is 26. The standard InChI is InChI=1S/C54H80N14O23S3.C2HF3O2/c1-33-21-36(22-34(2)49(33)94(89,90)63-39(53(81)82)25-59-50(78)38-26-64(3)42-23-35(6-7-37(42)48(38)77)24-60-54-57-10-11-58-54)91-20-4-5-43(69)55-8-9-56-51(79)40(31-92(83,84)85)62-52(80)41(32-93(86,87)88)61-44(70)27-65-12-14-66(28-45(71)72)16-18-68(30-47(75)76)19-17-67(15-13-65)29-46(73)74;3-2(4,5)1(6)7/h6-7,10-11,21-23,26,39-41,63,83-88H,4-5,8-9,12-20,24-25,27-32H2,1-3H3,(H,55,69)(H,56,79)(H,59,78)(H,61,70)(H,62,80)(H,71,72)(H,73,74)(H,75,76)(H,81,82)(H2,57,58,60);(H,6,7)/t39-,40?,41?;/m0./s1. The van der Waals surface area contributed by atoms with E-state index in [0.29, 0.717) is 18.0 Å². The number of carboxylic acid groups (broad SMARTS) is 5. The molecule has 1 aliphatic heterocycles. The first-order valence-electron chi connectivity index (χ1n) is 30.1. The van der Waals surface area contributed by atoms with Crippen LogP contribution < -0.4 is 46.8 Å². The highest BCUT2D eigenvalue weighted by atomic mass is 32.3. The number of halogens is 3. The zero-order valence-corrected chi connectivity index (χ0v) is 56.8. The van der Waals surface area contributed by atoms with E-state index in [4.69, 9.17) is 14.6 Å². The number of nitrogens with zero attached hydrogens (tertiary/aromatic N) is 6. The summed E-state index contributed by atoms with van der Waals surface area (Å²) in [5.41, 5.74) is 0.643. The van der Waals surface area contributed by atoms with E-state index in [9.17, 15) is 117 Å². The van der Waals surface area contributed by atoms with Gasteiger partial charge < -0.3 is 99.0 Å². The number of aromatic nitrogens is 3. The number of carbonyl (C=O) groups excluding carboxylic acids is 5. The van der Waals surface area contributed by atoms with Gasteiger partial charge in [0.05, 0.1) is 76.4 Å². The van der Waals surface area contributed by atoms with Crippen LogP contribution >= 0.6 is 21.7 Å². The van der Waals surface area contributed by atoms with Crippen LogP contribution in [0.5, 0.6) is 5.75 Å². The van der Waals surface area contributed by atoms with Crippen LogP contribution in [0.4, 0.5) is 19.1 Å². The number of aromatic amines is 1. The Bertz CT molecular complexity index is 3690. The van der Waals surface area contributed by atoms with E-state index in [1.54, 1.807) is 42.2 Å². The first kappa shape index (κ1) is 84.6. The molecule has 101 heavy (non-hydrogen) atoms. The summed E-state index contributed by atoms with van der Waals surface area (Å²) in [4.78, 5) is 149. The quantitative estimate of drug-likeness (QED) is 0.0238. The lowest BCUT2D eigenvalue weighted by Crippen LogP contribution is -2.58. The largest absolute Gasteiger partial charge is 0.494 e. The van der Waals surface area contributed by atoms with Crippen LogP contribution in [-0.2, 0) is 66.8 Å². The van der Waals surface area contributed by atoms with Crippen molar-refractivity contribution in [3.05, 3.63) is 81.4 Å². The Morgan fingerprint density at radius 3 is 1.62 bits per heavy atom. The number of ether oxygens (including phenoxy) is 1. The van der Waals surface area contributed by atoms with Gasteiger partial charge in [0.25, 0.3) is 5.91 Å². The summed E-state index contributed by atoms with van der Waals surface area (Å²) in [6.07, 6.45) is -0.605. The lowest BCUT2D eigenvalue weighted by Gasteiger charge is -2.33. The summed E-state index contributed by atoms with van der Waals surface area (Å²) in [6, 6.07) is 1.79. The van der Waals surface area contributed by atoms with Crippen LogP contribution in [0.1, 0.15) is 39.9 Å². The number of carboxylic acids is 5. The number of carbonyl (C=O) groups is 10. The van der Waals surface area contributed by atoms with Gasteiger partial charge in [0.15, 0.2) is 5.95 Å². The smallest absolute Gasteiger partial charge is 0.490 e. The van der Waals surface area contributed by atoms with Gasteiger partial charge in [-0.3, -0.25) is 67.5 Å². The van der Waals surface area contributed by atoms with Crippen LogP contribution in [0.25, 0.3) is 10.9 Å². The van der Waals surface area contributed by atoms with Crippen LogP contribution in [-0.4, -0.2) is 295 Å². The highest BCUT2D eigenvalue weighted by Crippen LogP contribution is 2.35. The second kappa shape index (κ2) is 38.8. The van der Waals surface area contributed by atoms with Gasteiger partial charge in [0, 0.05) is 116 Å². The van der Waals surface area contributed by atoms with E-state index in [1.165, 1.54) is 51.8 Å². The summed E-state index contributed by atoms with van der Waals surface area (Å²) >= 11 is 0. The summed E-state index contributed by atoms with van der Waals surface area (Å²) in [7, 11) is -12.1. The van der Waals surface area contributed by atoms with E-state index in [-0.39, 0.29) is 118 Å². The summed E-state index contributed by atoms with van der Waals surface area (Å²) in [5.74, 6) is -14.8. The molecule has 3 heterocycles. The predicted octanol–water partition coefficient (Wildman–Crippen LogP) is -1.43. The number of fused-ring (bicyclic) bond motifs is 1. The average Bonchev–Trinajstić information content (AvgIpc) is 0.803. The average molecular weight is 1500 g/mol. The Morgan fingerprint density at radius 2 is 1.16 bits per heavy atom. The van der Waals surface area contributed by atoms with Crippen LogP contribution in [0.3, 0.4) is 0 Å². The van der Waals surface area contributed by atoms with Crippen LogP contribution in [0, 0.1) is 13.8 Å². The number of benzene rings is 2. The molecule has 39 nitrogen and oxygen atoms in total. The maximum absolute atomic E-state index is 13.7. The molecular weight excluding hydrogens is 1420 g/mol. The third kappa shape index (κ3) is 30.5. The van der Waals surface area contributed by atoms with Crippen molar-refractivity contribution in [2.24, 2.45) is 7.05 Å². The van der Waals surface area contributed by atoms with Gasteiger partial charge in [-0.1, -0.05) is 6.07 Å². The summed E-state index contributed by atoms with van der Waals surface area (Å²) in [6.45, 7) is 0.0441. The number of H-pyrrole nitrogens is 1. The summed E-state index contributed by atoms with van der Waals surface area (Å²) in [5, 5.41) is 60.4. The predicted molar refractivity (Wildman–Crippen MR) is 353 cm³/mol. The number of anilines is 1. The highest BCUT2D eigenvalue weighted by Gasteiger charge is 2.39. The fourth-order valence-corrected chi connectivity index (χ4v) is 12.8. The fraction of sp³-hybridized carbons (Fsp3) is 0.500. The number of sulfonamides is 1. The topological polar surface area (TPSA) is 584 Å². The van der Waals surface area contributed by atoms with Gasteiger partial charge in [-0.05, 0) is 61.2 Å². The zero-order valence-electron chi connectivity index (χ0n) is 54.4. The lowest BCUT2D eigenvalue weighted by molar-refractivity contribution is -0.192.